The van der Waals surface area contributed by atoms with E-state index >= 15 is 0 Å². The Bertz CT molecular complexity index is 510. The van der Waals surface area contributed by atoms with Gasteiger partial charge in [-0.1, -0.05) is 12.1 Å². The summed E-state index contributed by atoms with van der Waals surface area (Å²) in [7, 11) is 0. The van der Waals surface area contributed by atoms with Crippen molar-refractivity contribution in [3.63, 3.8) is 0 Å². The van der Waals surface area contributed by atoms with Crippen LogP contribution < -0.4 is 10.6 Å². The number of carbonyl (C=O) groups excluding carboxylic acids is 2. The Hall–Kier alpha value is -1.88. The number of hydrogen-bond donors (Lipinski definition) is 2. The summed E-state index contributed by atoms with van der Waals surface area (Å²) in [5.41, 5.74) is 1.80. The third-order valence-electron chi connectivity index (χ3n) is 3.77. The Balaban J connectivity index is 2.00. The predicted molar refractivity (Wildman–Crippen MR) is 82.9 cm³/mol. The zero-order valence-corrected chi connectivity index (χ0v) is 12.7. The van der Waals surface area contributed by atoms with Crippen LogP contribution >= 0.6 is 0 Å². The molecule has 1 unspecified atom stereocenters. The summed E-state index contributed by atoms with van der Waals surface area (Å²) in [5, 5.41) is 6.12. The third kappa shape index (κ3) is 4.29. The molecule has 1 atom stereocenters. The highest BCUT2D eigenvalue weighted by Gasteiger charge is 2.21. The summed E-state index contributed by atoms with van der Waals surface area (Å²) in [5.74, 6) is 0.0747. The van der Waals surface area contributed by atoms with Gasteiger partial charge in [0, 0.05) is 25.7 Å². The Morgan fingerprint density at radius 3 is 2.86 bits per heavy atom. The summed E-state index contributed by atoms with van der Waals surface area (Å²) in [4.78, 5) is 25.3. The fourth-order valence-electron chi connectivity index (χ4n) is 2.55. The highest BCUT2D eigenvalue weighted by molar-refractivity contribution is 5.95. The Morgan fingerprint density at radius 2 is 2.24 bits per heavy atom. The molecule has 0 aliphatic carbocycles. The molecule has 1 aromatic carbocycles. The predicted octanol–water partition coefficient (Wildman–Crippen LogP) is 1.75. The molecule has 1 aliphatic rings. The van der Waals surface area contributed by atoms with E-state index in [0.717, 1.165) is 30.6 Å². The van der Waals surface area contributed by atoms with Gasteiger partial charge in [-0.2, -0.15) is 0 Å². The molecule has 1 aromatic rings. The molecule has 5 heteroatoms. The highest BCUT2D eigenvalue weighted by Crippen LogP contribution is 2.15. The molecule has 0 radical (unpaired) electrons. The maximum Gasteiger partial charge on any atom is 0.241 e. The van der Waals surface area contributed by atoms with Gasteiger partial charge in [0.15, 0.2) is 0 Å². The minimum Gasteiger partial charge on any atom is -0.339 e. The number of hydrogen-bond acceptors (Lipinski definition) is 3. The zero-order valence-electron chi connectivity index (χ0n) is 12.7. The molecule has 1 heterocycles. The van der Waals surface area contributed by atoms with Gasteiger partial charge in [0.2, 0.25) is 11.8 Å². The quantitative estimate of drug-likeness (QED) is 0.868. The number of nitrogens with zero attached hydrogens (tertiary/aromatic N) is 1. The first kappa shape index (κ1) is 15.5. The molecule has 21 heavy (non-hydrogen) atoms. The molecule has 0 spiro atoms. The minimum absolute atomic E-state index is 0.0172. The molecule has 2 rings (SSSR count). The van der Waals surface area contributed by atoms with E-state index in [0.29, 0.717) is 13.1 Å². The van der Waals surface area contributed by atoms with Gasteiger partial charge in [-0.15, -0.1) is 0 Å². The van der Waals surface area contributed by atoms with Crippen LogP contribution in [0.15, 0.2) is 24.3 Å². The van der Waals surface area contributed by atoms with Crippen molar-refractivity contribution in [2.45, 2.75) is 39.3 Å². The van der Waals surface area contributed by atoms with E-state index in [9.17, 15) is 9.59 Å². The second-order valence-electron chi connectivity index (χ2n) is 5.37. The molecule has 1 aliphatic heterocycles. The molecule has 114 valence electrons. The van der Waals surface area contributed by atoms with E-state index in [1.807, 2.05) is 31.2 Å². The van der Waals surface area contributed by atoms with Crippen molar-refractivity contribution >= 4 is 17.5 Å². The lowest BCUT2D eigenvalue weighted by atomic mass is 10.1. The normalized spacial score (nSPS) is 17.5. The monoisotopic (exact) mass is 289 g/mol. The van der Waals surface area contributed by atoms with E-state index in [1.165, 1.54) is 0 Å². The average Bonchev–Trinajstić information content (AvgIpc) is 2.99. The number of nitrogens with one attached hydrogen (secondary N) is 2. The summed E-state index contributed by atoms with van der Waals surface area (Å²) >= 11 is 0. The highest BCUT2D eigenvalue weighted by atomic mass is 16.2. The van der Waals surface area contributed by atoms with Crippen molar-refractivity contribution in [2.75, 3.05) is 18.4 Å². The smallest absolute Gasteiger partial charge is 0.241 e. The van der Waals surface area contributed by atoms with Crippen molar-refractivity contribution in [1.82, 2.24) is 10.2 Å². The second-order valence-corrected chi connectivity index (χ2v) is 5.37. The fraction of sp³-hybridized carbons (Fsp3) is 0.500. The van der Waals surface area contributed by atoms with Crippen molar-refractivity contribution in [1.29, 1.82) is 0 Å². The van der Waals surface area contributed by atoms with Crippen LogP contribution in [0, 0.1) is 0 Å². The van der Waals surface area contributed by atoms with Gasteiger partial charge in [-0.25, -0.2) is 0 Å². The van der Waals surface area contributed by atoms with E-state index in [1.54, 1.807) is 11.8 Å². The van der Waals surface area contributed by atoms with E-state index < -0.39 is 0 Å². The number of rotatable bonds is 5. The van der Waals surface area contributed by atoms with Gasteiger partial charge in [-0.3, -0.25) is 9.59 Å². The fourth-order valence-corrected chi connectivity index (χ4v) is 2.55. The molecule has 0 bridgehead atoms. The molecule has 0 aromatic heterocycles. The molecular formula is C16H23N3O2. The van der Waals surface area contributed by atoms with Crippen LogP contribution in [-0.2, 0) is 16.1 Å². The Labute approximate surface area is 125 Å². The maximum atomic E-state index is 12.1. The van der Waals surface area contributed by atoms with Gasteiger partial charge >= 0.3 is 0 Å². The van der Waals surface area contributed by atoms with Crippen molar-refractivity contribution in [3.05, 3.63) is 29.8 Å². The Morgan fingerprint density at radius 1 is 1.43 bits per heavy atom. The van der Waals surface area contributed by atoms with Crippen LogP contribution in [-0.4, -0.2) is 35.8 Å². The van der Waals surface area contributed by atoms with Crippen LogP contribution in [0.3, 0.4) is 0 Å². The molecule has 2 N–H and O–H groups in total. The number of carbonyl (C=O) groups is 2. The first-order valence-corrected chi connectivity index (χ1v) is 7.49. The third-order valence-corrected chi connectivity index (χ3v) is 3.77. The molecule has 0 saturated carbocycles. The van der Waals surface area contributed by atoms with Crippen LogP contribution in [0.4, 0.5) is 5.69 Å². The molecule has 1 saturated heterocycles. The average molecular weight is 289 g/mol. The standard InChI is InChI=1S/C16H23N3O2/c1-3-19(12(2)20)11-13-6-4-7-14(10-13)18-16(21)15-8-5-9-17-15/h4,6-7,10,15,17H,3,5,8-9,11H2,1-2H3,(H,18,21). The van der Waals surface area contributed by atoms with Crippen LogP contribution in [0.5, 0.6) is 0 Å². The first-order valence-electron chi connectivity index (χ1n) is 7.49. The topological polar surface area (TPSA) is 61.4 Å². The lowest BCUT2D eigenvalue weighted by Gasteiger charge is -2.19. The minimum atomic E-state index is -0.0852. The largest absolute Gasteiger partial charge is 0.339 e. The number of amides is 2. The van der Waals surface area contributed by atoms with E-state index in [4.69, 9.17) is 0 Å². The van der Waals surface area contributed by atoms with Gasteiger partial charge in [-0.05, 0) is 44.0 Å². The van der Waals surface area contributed by atoms with Gasteiger partial charge < -0.3 is 15.5 Å². The summed E-state index contributed by atoms with van der Waals surface area (Å²) in [6, 6.07) is 7.59. The second kappa shape index (κ2) is 7.22. The number of anilines is 1. The lowest BCUT2D eigenvalue weighted by Crippen LogP contribution is -2.35. The van der Waals surface area contributed by atoms with Crippen LogP contribution in [0.1, 0.15) is 32.3 Å². The maximum absolute atomic E-state index is 12.1. The lowest BCUT2D eigenvalue weighted by molar-refractivity contribution is -0.129. The van der Waals surface area contributed by atoms with Crippen molar-refractivity contribution in [3.8, 4) is 0 Å². The summed E-state index contributed by atoms with van der Waals surface area (Å²) in [6.45, 7) is 5.68. The summed E-state index contributed by atoms with van der Waals surface area (Å²) < 4.78 is 0. The van der Waals surface area contributed by atoms with Crippen molar-refractivity contribution in [2.24, 2.45) is 0 Å². The van der Waals surface area contributed by atoms with Gasteiger partial charge in [0.25, 0.3) is 0 Å². The molecule has 1 fully saturated rings. The van der Waals surface area contributed by atoms with Gasteiger partial charge in [0.1, 0.15) is 0 Å². The van der Waals surface area contributed by atoms with E-state index in [2.05, 4.69) is 10.6 Å². The molecule has 5 nitrogen and oxygen atoms in total. The Kier molecular flexibility index (Phi) is 5.33. The van der Waals surface area contributed by atoms with Crippen LogP contribution in [0.2, 0.25) is 0 Å². The first-order chi connectivity index (χ1) is 10.1. The molecule has 2 amide bonds. The molecular weight excluding hydrogens is 266 g/mol. The van der Waals surface area contributed by atoms with Crippen LogP contribution in [0.25, 0.3) is 0 Å². The summed E-state index contributed by atoms with van der Waals surface area (Å²) in [6.07, 6.45) is 1.93. The number of benzene rings is 1. The SMILES string of the molecule is CCN(Cc1cccc(NC(=O)C2CCCN2)c1)C(C)=O. The zero-order chi connectivity index (χ0) is 15.2. The van der Waals surface area contributed by atoms with Crippen molar-refractivity contribution < 1.29 is 9.59 Å². The van der Waals surface area contributed by atoms with E-state index in [-0.39, 0.29) is 17.9 Å². The van der Waals surface area contributed by atoms with Gasteiger partial charge in [0.05, 0.1) is 6.04 Å².